The van der Waals surface area contributed by atoms with Crippen molar-refractivity contribution >= 4 is 23.0 Å². The van der Waals surface area contributed by atoms with E-state index in [1.165, 1.54) is 0 Å². The molecular formula is C14H20ClN3O2. The Morgan fingerprint density at radius 3 is 2.85 bits per heavy atom. The lowest BCUT2D eigenvalue weighted by molar-refractivity contribution is -0.384. The van der Waals surface area contributed by atoms with E-state index < -0.39 is 4.92 Å². The lowest BCUT2D eigenvalue weighted by Gasteiger charge is -2.41. The maximum Gasteiger partial charge on any atom is 0.288 e. The summed E-state index contributed by atoms with van der Waals surface area (Å²) in [7, 11) is 0. The van der Waals surface area contributed by atoms with Crippen LogP contribution in [0.4, 0.5) is 11.4 Å². The second-order valence-corrected chi connectivity index (χ2v) is 5.87. The van der Waals surface area contributed by atoms with Crippen molar-refractivity contribution in [2.45, 2.75) is 32.7 Å². The first-order valence-electron chi connectivity index (χ1n) is 6.87. The molecule has 20 heavy (non-hydrogen) atoms. The Morgan fingerprint density at radius 2 is 2.25 bits per heavy atom. The molecule has 110 valence electrons. The highest BCUT2D eigenvalue weighted by atomic mass is 35.5. The molecule has 0 spiro atoms. The normalized spacial score (nSPS) is 22.9. The number of nitro groups is 1. The van der Waals surface area contributed by atoms with Crippen LogP contribution in [0, 0.1) is 23.0 Å². The number of nitrogens with two attached hydrogens (primary N) is 1. The highest BCUT2D eigenvalue weighted by Crippen LogP contribution is 2.36. The first-order chi connectivity index (χ1) is 9.45. The van der Waals surface area contributed by atoms with Crippen molar-refractivity contribution in [3.63, 3.8) is 0 Å². The number of rotatable bonds is 3. The van der Waals surface area contributed by atoms with Crippen molar-refractivity contribution < 1.29 is 4.92 Å². The van der Waals surface area contributed by atoms with Crippen molar-refractivity contribution in [1.29, 1.82) is 0 Å². The average Bonchev–Trinajstić information content (AvgIpc) is 2.40. The van der Waals surface area contributed by atoms with Crippen LogP contribution >= 0.6 is 11.6 Å². The molecule has 0 aromatic heterocycles. The summed E-state index contributed by atoms with van der Waals surface area (Å²) in [6.45, 7) is 5.58. The summed E-state index contributed by atoms with van der Waals surface area (Å²) in [5.74, 6) is 0.516. The van der Waals surface area contributed by atoms with Crippen LogP contribution in [0.15, 0.2) is 12.1 Å². The number of aryl methyl sites for hydroxylation is 1. The zero-order valence-electron chi connectivity index (χ0n) is 11.8. The van der Waals surface area contributed by atoms with Gasteiger partial charge in [-0.25, -0.2) is 0 Å². The van der Waals surface area contributed by atoms with Crippen LogP contribution in [-0.4, -0.2) is 24.1 Å². The third-order valence-electron chi connectivity index (χ3n) is 4.13. The summed E-state index contributed by atoms with van der Waals surface area (Å²) in [5.41, 5.74) is 7.70. The summed E-state index contributed by atoms with van der Waals surface area (Å²) in [6, 6.07) is 3.51. The Morgan fingerprint density at radius 1 is 1.55 bits per heavy atom. The molecule has 2 N–H and O–H groups in total. The molecule has 2 rings (SSSR count). The van der Waals surface area contributed by atoms with Crippen molar-refractivity contribution in [3.05, 3.63) is 32.8 Å². The summed E-state index contributed by atoms with van der Waals surface area (Å²) >= 11 is 6.04. The fourth-order valence-corrected chi connectivity index (χ4v) is 3.24. The van der Waals surface area contributed by atoms with E-state index in [0.717, 1.165) is 30.6 Å². The molecule has 1 aromatic rings. The molecule has 2 atom stereocenters. The summed E-state index contributed by atoms with van der Waals surface area (Å²) in [5, 5.41) is 11.1. The Hall–Kier alpha value is -1.33. The molecule has 0 aliphatic carbocycles. The molecule has 5 nitrogen and oxygen atoms in total. The van der Waals surface area contributed by atoms with E-state index in [4.69, 9.17) is 17.3 Å². The molecule has 0 bridgehead atoms. The fourth-order valence-electron chi connectivity index (χ4n) is 3.01. The van der Waals surface area contributed by atoms with Crippen molar-refractivity contribution in [1.82, 2.24) is 0 Å². The molecule has 1 aromatic carbocycles. The third-order valence-corrected chi connectivity index (χ3v) is 4.43. The molecule has 2 unspecified atom stereocenters. The topological polar surface area (TPSA) is 72.4 Å². The van der Waals surface area contributed by atoms with E-state index >= 15 is 0 Å². The van der Waals surface area contributed by atoms with Gasteiger partial charge >= 0.3 is 0 Å². The third kappa shape index (κ3) is 2.74. The first-order valence-corrected chi connectivity index (χ1v) is 7.24. The zero-order chi connectivity index (χ0) is 14.9. The Labute approximate surface area is 123 Å². The molecule has 1 saturated heterocycles. The smallest absolute Gasteiger partial charge is 0.288 e. The van der Waals surface area contributed by atoms with Gasteiger partial charge in [0.2, 0.25) is 0 Å². The van der Waals surface area contributed by atoms with E-state index in [0.29, 0.717) is 12.5 Å². The number of piperidine rings is 1. The summed E-state index contributed by atoms with van der Waals surface area (Å²) in [6.07, 6.45) is 2.27. The van der Waals surface area contributed by atoms with Gasteiger partial charge in [-0.05, 0) is 37.3 Å². The van der Waals surface area contributed by atoms with Crippen LogP contribution in [0.3, 0.4) is 0 Å². The standard InChI is InChI=1S/C14H20ClN3O2/c1-9-4-3-5-17(14(9)8-16)12-7-11(15)13(18(19)20)6-10(12)2/h6-7,9,14H,3-5,8,16H2,1-2H3. The van der Waals surface area contributed by atoms with E-state index in [1.54, 1.807) is 12.1 Å². The van der Waals surface area contributed by atoms with Gasteiger partial charge in [-0.3, -0.25) is 10.1 Å². The van der Waals surface area contributed by atoms with E-state index in [1.807, 2.05) is 6.92 Å². The second-order valence-electron chi connectivity index (χ2n) is 5.46. The zero-order valence-corrected chi connectivity index (χ0v) is 12.6. The molecule has 6 heteroatoms. The Balaban J connectivity index is 2.41. The van der Waals surface area contributed by atoms with Crippen LogP contribution in [0.2, 0.25) is 5.02 Å². The lowest BCUT2D eigenvalue weighted by atomic mass is 9.90. The van der Waals surface area contributed by atoms with Gasteiger partial charge in [-0.2, -0.15) is 0 Å². The van der Waals surface area contributed by atoms with Crippen LogP contribution < -0.4 is 10.6 Å². The van der Waals surface area contributed by atoms with Gasteiger partial charge in [0.15, 0.2) is 0 Å². The highest BCUT2D eigenvalue weighted by Gasteiger charge is 2.29. The SMILES string of the molecule is Cc1cc([N+](=O)[O-])c(Cl)cc1N1CCCC(C)C1CN. The van der Waals surface area contributed by atoms with Gasteiger partial charge in [0, 0.05) is 30.9 Å². The number of benzene rings is 1. The van der Waals surface area contributed by atoms with Crippen LogP contribution in [0.25, 0.3) is 0 Å². The predicted molar refractivity (Wildman–Crippen MR) is 81.4 cm³/mol. The molecular weight excluding hydrogens is 278 g/mol. The quantitative estimate of drug-likeness (QED) is 0.687. The minimum Gasteiger partial charge on any atom is -0.367 e. The van der Waals surface area contributed by atoms with Gasteiger partial charge in [-0.1, -0.05) is 18.5 Å². The lowest BCUT2D eigenvalue weighted by Crippen LogP contribution is -2.49. The molecule has 0 amide bonds. The van der Waals surface area contributed by atoms with Gasteiger partial charge in [0.25, 0.3) is 5.69 Å². The average molecular weight is 298 g/mol. The maximum absolute atomic E-state index is 10.9. The van der Waals surface area contributed by atoms with E-state index in [9.17, 15) is 10.1 Å². The van der Waals surface area contributed by atoms with E-state index in [2.05, 4.69) is 11.8 Å². The Kier molecular flexibility index (Phi) is 4.50. The van der Waals surface area contributed by atoms with Crippen molar-refractivity contribution in [3.8, 4) is 0 Å². The molecule has 1 aliphatic rings. The van der Waals surface area contributed by atoms with E-state index in [-0.39, 0.29) is 16.8 Å². The van der Waals surface area contributed by atoms with Crippen LogP contribution in [-0.2, 0) is 0 Å². The monoisotopic (exact) mass is 297 g/mol. The molecule has 1 aliphatic heterocycles. The summed E-state index contributed by atoms with van der Waals surface area (Å²) < 4.78 is 0. The van der Waals surface area contributed by atoms with Gasteiger partial charge in [0.05, 0.1) is 4.92 Å². The van der Waals surface area contributed by atoms with Crippen molar-refractivity contribution in [2.24, 2.45) is 11.7 Å². The molecule has 1 fully saturated rings. The van der Waals surface area contributed by atoms with Gasteiger partial charge < -0.3 is 10.6 Å². The highest BCUT2D eigenvalue weighted by molar-refractivity contribution is 6.33. The predicted octanol–water partition coefficient (Wildman–Crippen LogP) is 3.12. The molecule has 0 radical (unpaired) electrons. The fraction of sp³-hybridized carbons (Fsp3) is 0.571. The number of anilines is 1. The Bertz CT molecular complexity index is 521. The molecule has 0 saturated carbocycles. The maximum atomic E-state index is 10.9. The minimum atomic E-state index is -0.446. The number of hydrogen-bond acceptors (Lipinski definition) is 4. The first kappa shape index (κ1) is 15.1. The summed E-state index contributed by atoms with van der Waals surface area (Å²) in [4.78, 5) is 12.7. The number of nitrogens with zero attached hydrogens (tertiary/aromatic N) is 2. The number of halogens is 1. The van der Waals surface area contributed by atoms with Gasteiger partial charge in [-0.15, -0.1) is 0 Å². The molecule has 1 heterocycles. The largest absolute Gasteiger partial charge is 0.367 e. The van der Waals surface area contributed by atoms with Crippen molar-refractivity contribution in [2.75, 3.05) is 18.0 Å². The minimum absolute atomic E-state index is 0.0396. The van der Waals surface area contributed by atoms with Crippen LogP contribution in [0.1, 0.15) is 25.3 Å². The van der Waals surface area contributed by atoms with Crippen LogP contribution in [0.5, 0.6) is 0 Å². The number of nitro benzene ring substituents is 1. The number of hydrogen-bond donors (Lipinski definition) is 1. The second kappa shape index (κ2) is 5.97. The van der Waals surface area contributed by atoms with Gasteiger partial charge in [0.1, 0.15) is 5.02 Å².